The fourth-order valence-corrected chi connectivity index (χ4v) is 3.76. The largest absolute Gasteiger partial charge is 0.459 e. The van der Waals surface area contributed by atoms with E-state index in [1.165, 1.54) is 6.26 Å². The van der Waals surface area contributed by atoms with Crippen molar-refractivity contribution in [3.63, 3.8) is 0 Å². The molecule has 29 heavy (non-hydrogen) atoms. The Balaban J connectivity index is 1.28. The molecule has 2 aromatic rings. The van der Waals surface area contributed by atoms with Crippen LogP contribution in [0.4, 0.5) is 11.4 Å². The van der Waals surface area contributed by atoms with E-state index >= 15 is 0 Å². The molecular weight excluding hydrogens is 372 g/mol. The number of carbonyl (C=O) groups excluding carboxylic acids is 3. The van der Waals surface area contributed by atoms with Gasteiger partial charge in [0, 0.05) is 43.5 Å². The number of anilines is 2. The van der Waals surface area contributed by atoms with Gasteiger partial charge in [0.2, 0.25) is 11.8 Å². The van der Waals surface area contributed by atoms with Gasteiger partial charge in [-0.25, -0.2) is 0 Å². The monoisotopic (exact) mass is 396 g/mol. The third-order valence-corrected chi connectivity index (χ3v) is 5.42. The van der Waals surface area contributed by atoms with Crippen molar-refractivity contribution >= 4 is 29.1 Å². The van der Waals surface area contributed by atoms with Gasteiger partial charge < -0.3 is 24.9 Å². The Bertz CT molecular complexity index is 871. The van der Waals surface area contributed by atoms with Crippen LogP contribution in [0.15, 0.2) is 47.1 Å². The van der Waals surface area contributed by atoms with Gasteiger partial charge in [0.1, 0.15) is 0 Å². The Labute approximate surface area is 168 Å². The van der Waals surface area contributed by atoms with E-state index in [1.807, 2.05) is 29.2 Å². The number of rotatable bonds is 4. The lowest BCUT2D eigenvalue weighted by Gasteiger charge is -2.31. The van der Waals surface area contributed by atoms with Crippen molar-refractivity contribution in [1.82, 2.24) is 10.2 Å². The summed E-state index contributed by atoms with van der Waals surface area (Å²) in [5.41, 5.74) is 1.69. The molecule has 1 aromatic carbocycles. The standard InChI is InChI=1S/C21H24N4O4/c26-19-14-25(12-9-22-19)17-5-3-16(4-6-17)23-20(27)15-7-10-24(11-8-15)21(28)18-2-1-13-29-18/h1-6,13,15H,7-12,14H2,(H,22,26)(H,23,27). The molecular formula is C21H24N4O4. The van der Waals surface area contributed by atoms with Crippen LogP contribution in [0.1, 0.15) is 23.4 Å². The van der Waals surface area contributed by atoms with Crippen LogP contribution in [0.5, 0.6) is 0 Å². The second-order valence-electron chi connectivity index (χ2n) is 7.35. The summed E-state index contributed by atoms with van der Waals surface area (Å²) in [7, 11) is 0. The number of piperidine rings is 1. The van der Waals surface area contributed by atoms with E-state index in [-0.39, 0.29) is 23.6 Å². The van der Waals surface area contributed by atoms with E-state index in [1.54, 1.807) is 17.0 Å². The van der Waals surface area contributed by atoms with Gasteiger partial charge in [0.15, 0.2) is 5.76 Å². The fraction of sp³-hybridized carbons (Fsp3) is 0.381. The first kappa shape index (κ1) is 19.0. The third-order valence-electron chi connectivity index (χ3n) is 5.42. The lowest BCUT2D eigenvalue weighted by Crippen LogP contribution is -2.47. The van der Waals surface area contributed by atoms with Crippen LogP contribution < -0.4 is 15.5 Å². The van der Waals surface area contributed by atoms with Crippen LogP contribution in [-0.4, -0.2) is 55.3 Å². The number of nitrogens with zero attached hydrogens (tertiary/aromatic N) is 2. The summed E-state index contributed by atoms with van der Waals surface area (Å²) in [5, 5.41) is 5.77. The highest BCUT2D eigenvalue weighted by atomic mass is 16.3. The van der Waals surface area contributed by atoms with Crippen molar-refractivity contribution in [2.75, 3.05) is 42.9 Å². The number of nitrogens with one attached hydrogen (secondary N) is 2. The summed E-state index contributed by atoms with van der Waals surface area (Å²) in [5.74, 6) is 0.0711. The molecule has 1 aromatic heterocycles. The molecule has 0 radical (unpaired) electrons. The molecule has 8 heteroatoms. The second kappa shape index (κ2) is 8.38. The SMILES string of the molecule is O=C1CN(c2ccc(NC(=O)C3CCN(C(=O)c4ccco4)CC3)cc2)CCN1. The minimum absolute atomic E-state index is 0.0190. The number of hydrogen-bond acceptors (Lipinski definition) is 5. The summed E-state index contributed by atoms with van der Waals surface area (Å²) < 4.78 is 5.17. The van der Waals surface area contributed by atoms with Crippen molar-refractivity contribution in [3.05, 3.63) is 48.4 Å². The molecule has 0 atom stereocenters. The number of carbonyl (C=O) groups is 3. The molecule has 4 rings (SSSR count). The molecule has 0 spiro atoms. The predicted octanol–water partition coefficient (Wildman–Crippen LogP) is 1.71. The van der Waals surface area contributed by atoms with Gasteiger partial charge in [0.05, 0.1) is 12.8 Å². The molecule has 0 aliphatic carbocycles. The smallest absolute Gasteiger partial charge is 0.289 e. The molecule has 2 saturated heterocycles. The highest BCUT2D eigenvalue weighted by Crippen LogP contribution is 2.23. The van der Waals surface area contributed by atoms with E-state index in [2.05, 4.69) is 10.6 Å². The Hall–Kier alpha value is -3.29. The van der Waals surface area contributed by atoms with Gasteiger partial charge in [-0.05, 0) is 49.2 Å². The normalized spacial score (nSPS) is 17.7. The molecule has 2 fully saturated rings. The lowest BCUT2D eigenvalue weighted by atomic mass is 9.95. The van der Waals surface area contributed by atoms with Gasteiger partial charge in [-0.1, -0.05) is 0 Å². The van der Waals surface area contributed by atoms with Crippen LogP contribution in [0.2, 0.25) is 0 Å². The Kier molecular flexibility index (Phi) is 5.50. The first-order chi connectivity index (χ1) is 14.1. The maximum Gasteiger partial charge on any atom is 0.289 e. The second-order valence-corrected chi connectivity index (χ2v) is 7.35. The molecule has 152 valence electrons. The Morgan fingerprint density at radius 2 is 1.83 bits per heavy atom. The minimum Gasteiger partial charge on any atom is -0.459 e. The van der Waals surface area contributed by atoms with Gasteiger partial charge in [-0.2, -0.15) is 0 Å². The molecule has 8 nitrogen and oxygen atoms in total. The first-order valence-electron chi connectivity index (χ1n) is 9.85. The lowest BCUT2D eigenvalue weighted by molar-refractivity contribution is -0.121. The topological polar surface area (TPSA) is 94.9 Å². The summed E-state index contributed by atoms with van der Waals surface area (Å²) in [6.07, 6.45) is 2.73. The number of amides is 3. The number of furan rings is 1. The van der Waals surface area contributed by atoms with Gasteiger partial charge in [-0.3, -0.25) is 14.4 Å². The third kappa shape index (κ3) is 4.42. The predicted molar refractivity (Wildman–Crippen MR) is 108 cm³/mol. The van der Waals surface area contributed by atoms with E-state index in [4.69, 9.17) is 4.42 Å². The van der Waals surface area contributed by atoms with E-state index in [9.17, 15) is 14.4 Å². The first-order valence-corrected chi connectivity index (χ1v) is 9.85. The molecule has 0 bridgehead atoms. The highest BCUT2D eigenvalue weighted by molar-refractivity contribution is 5.94. The number of benzene rings is 1. The molecule has 3 heterocycles. The van der Waals surface area contributed by atoms with Gasteiger partial charge >= 0.3 is 0 Å². The van der Waals surface area contributed by atoms with Gasteiger partial charge in [-0.15, -0.1) is 0 Å². The van der Waals surface area contributed by atoms with Crippen molar-refractivity contribution in [3.8, 4) is 0 Å². The van der Waals surface area contributed by atoms with Gasteiger partial charge in [0.25, 0.3) is 5.91 Å². The van der Waals surface area contributed by atoms with E-state index in [0.717, 1.165) is 17.9 Å². The van der Waals surface area contributed by atoms with Crippen LogP contribution in [0.25, 0.3) is 0 Å². The maximum atomic E-state index is 12.6. The number of piperazine rings is 1. The van der Waals surface area contributed by atoms with E-state index in [0.29, 0.717) is 44.8 Å². The zero-order valence-electron chi connectivity index (χ0n) is 16.1. The summed E-state index contributed by atoms with van der Waals surface area (Å²) >= 11 is 0. The van der Waals surface area contributed by atoms with Crippen LogP contribution >= 0.6 is 0 Å². The minimum atomic E-state index is -0.129. The van der Waals surface area contributed by atoms with Crippen molar-refractivity contribution in [2.24, 2.45) is 5.92 Å². The number of likely N-dealkylation sites (tertiary alicyclic amines) is 1. The quantitative estimate of drug-likeness (QED) is 0.820. The zero-order valence-corrected chi connectivity index (χ0v) is 16.1. The molecule has 3 amide bonds. The van der Waals surface area contributed by atoms with Crippen LogP contribution in [0.3, 0.4) is 0 Å². The van der Waals surface area contributed by atoms with Crippen LogP contribution in [0, 0.1) is 5.92 Å². The zero-order chi connectivity index (χ0) is 20.2. The summed E-state index contributed by atoms with van der Waals surface area (Å²) in [4.78, 5) is 40.2. The van der Waals surface area contributed by atoms with Crippen molar-refractivity contribution < 1.29 is 18.8 Å². The fourth-order valence-electron chi connectivity index (χ4n) is 3.76. The van der Waals surface area contributed by atoms with E-state index < -0.39 is 0 Å². The Morgan fingerprint density at radius 3 is 2.48 bits per heavy atom. The summed E-state index contributed by atoms with van der Waals surface area (Å²) in [6, 6.07) is 10.9. The molecule has 2 aliphatic rings. The Morgan fingerprint density at radius 1 is 1.07 bits per heavy atom. The number of hydrogen-bond donors (Lipinski definition) is 2. The van der Waals surface area contributed by atoms with Crippen LogP contribution in [-0.2, 0) is 9.59 Å². The molecule has 2 aliphatic heterocycles. The molecule has 0 unspecified atom stereocenters. The van der Waals surface area contributed by atoms with Crippen molar-refractivity contribution in [1.29, 1.82) is 0 Å². The average molecular weight is 396 g/mol. The molecule has 0 saturated carbocycles. The maximum absolute atomic E-state index is 12.6. The molecule has 2 N–H and O–H groups in total. The highest BCUT2D eigenvalue weighted by Gasteiger charge is 2.28. The average Bonchev–Trinajstić information content (AvgIpc) is 3.29. The van der Waals surface area contributed by atoms with Crippen molar-refractivity contribution in [2.45, 2.75) is 12.8 Å². The summed E-state index contributed by atoms with van der Waals surface area (Å²) in [6.45, 7) is 2.83.